The van der Waals surface area contributed by atoms with Crippen molar-refractivity contribution in [2.24, 2.45) is 5.73 Å². The van der Waals surface area contributed by atoms with Gasteiger partial charge in [-0.1, -0.05) is 6.07 Å². The van der Waals surface area contributed by atoms with Crippen LogP contribution in [0.3, 0.4) is 0 Å². The maximum absolute atomic E-state index is 5.72. The summed E-state index contributed by atoms with van der Waals surface area (Å²) in [4.78, 5) is 10.3. The zero-order valence-corrected chi connectivity index (χ0v) is 12.7. The normalized spacial score (nSPS) is 11.7. The molecule has 0 bridgehead atoms. The van der Waals surface area contributed by atoms with Gasteiger partial charge in [0, 0.05) is 12.6 Å². The number of benzene rings is 1. The van der Waals surface area contributed by atoms with Crippen LogP contribution in [0, 0.1) is 6.92 Å². The molecule has 0 saturated carbocycles. The molecule has 0 aliphatic rings. The minimum atomic E-state index is 0.347. The fourth-order valence-electron chi connectivity index (χ4n) is 2.47. The molecule has 0 fully saturated rings. The molecule has 0 atom stereocenters. The van der Waals surface area contributed by atoms with E-state index < -0.39 is 0 Å². The maximum Gasteiger partial charge on any atom is 0.153 e. The van der Waals surface area contributed by atoms with Crippen LogP contribution in [-0.4, -0.2) is 14.5 Å². The van der Waals surface area contributed by atoms with Crippen LogP contribution in [0.4, 0.5) is 0 Å². The van der Waals surface area contributed by atoms with Crippen LogP contribution in [0.5, 0.6) is 0 Å². The monoisotopic (exact) mass is 286 g/mol. The average molecular weight is 286 g/mol. The van der Waals surface area contributed by atoms with E-state index in [2.05, 4.69) is 41.6 Å². The Bertz CT molecular complexity index is 754. The predicted molar refractivity (Wildman–Crippen MR) is 83.9 cm³/mol. The van der Waals surface area contributed by atoms with Gasteiger partial charge < -0.3 is 10.3 Å². The number of nitrogens with two attached hydrogens (primary N) is 1. The van der Waals surface area contributed by atoms with E-state index in [1.807, 2.05) is 12.4 Å². The molecule has 20 heavy (non-hydrogen) atoms. The van der Waals surface area contributed by atoms with Crippen molar-refractivity contribution in [3.05, 3.63) is 35.0 Å². The standard InChI is InChI=1S/C15H18N4S/c1-9(2)19-13-5-4-11(7-16)6-12(13)18-15(19)14-10(3)17-8-20-14/h4-6,8-9H,7,16H2,1-3H3. The molecule has 0 unspecified atom stereocenters. The molecule has 0 aliphatic carbocycles. The predicted octanol–water partition coefficient (Wildman–Crippen LogP) is 3.51. The molecule has 0 aliphatic heterocycles. The summed E-state index contributed by atoms with van der Waals surface area (Å²) in [6, 6.07) is 6.62. The largest absolute Gasteiger partial charge is 0.326 e. The minimum Gasteiger partial charge on any atom is -0.326 e. The van der Waals surface area contributed by atoms with E-state index in [0.717, 1.165) is 33.0 Å². The molecule has 0 radical (unpaired) electrons. The maximum atomic E-state index is 5.72. The highest BCUT2D eigenvalue weighted by Crippen LogP contribution is 2.32. The molecule has 5 heteroatoms. The molecule has 1 aromatic carbocycles. The van der Waals surface area contributed by atoms with Crippen LogP contribution >= 0.6 is 11.3 Å². The number of hydrogen-bond donors (Lipinski definition) is 1. The van der Waals surface area contributed by atoms with Gasteiger partial charge in [-0.25, -0.2) is 9.97 Å². The van der Waals surface area contributed by atoms with Gasteiger partial charge in [0.25, 0.3) is 0 Å². The summed E-state index contributed by atoms with van der Waals surface area (Å²) in [7, 11) is 0. The van der Waals surface area contributed by atoms with Crippen LogP contribution in [0.25, 0.3) is 21.7 Å². The molecular weight excluding hydrogens is 268 g/mol. The quantitative estimate of drug-likeness (QED) is 0.801. The number of aromatic nitrogens is 3. The van der Waals surface area contributed by atoms with E-state index in [0.29, 0.717) is 12.6 Å². The second-order valence-electron chi connectivity index (χ2n) is 5.19. The number of rotatable bonds is 3. The summed E-state index contributed by atoms with van der Waals surface area (Å²) in [5, 5.41) is 0. The number of imidazole rings is 1. The topological polar surface area (TPSA) is 56.7 Å². The van der Waals surface area contributed by atoms with Crippen molar-refractivity contribution < 1.29 is 0 Å². The first-order chi connectivity index (χ1) is 9.61. The van der Waals surface area contributed by atoms with E-state index in [-0.39, 0.29) is 0 Å². The SMILES string of the molecule is Cc1ncsc1-c1nc2cc(CN)ccc2n1C(C)C. The van der Waals surface area contributed by atoms with E-state index in [1.54, 1.807) is 11.3 Å². The van der Waals surface area contributed by atoms with Gasteiger partial charge in [0.2, 0.25) is 0 Å². The van der Waals surface area contributed by atoms with Gasteiger partial charge >= 0.3 is 0 Å². The molecule has 3 aromatic rings. The van der Waals surface area contributed by atoms with E-state index in [4.69, 9.17) is 10.7 Å². The number of thiazole rings is 1. The Kier molecular flexibility index (Phi) is 3.31. The van der Waals surface area contributed by atoms with Gasteiger partial charge in [0.1, 0.15) is 0 Å². The van der Waals surface area contributed by atoms with Crippen molar-refractivity contribution in [2.75, 3.05) is 0 Å². The lowest BCUT2D eigenvalue weighted by atomic mass is 10.2. The molecule has 0 amide bonds. The van der Waals surface area contributed by atoms with Crippen LogP contribution < -0.4 is 5.73 Å². The minimum absolute atomic E-state index is 0.347. The zero-order chi connectivity index (χ0) is 14.3. The second kappa shape index (κ2) is 5.00. The third kappa shape index (κ3) is 2.03. The highest BCUT2D eigenvalue weighted by molar-refractivity contribution is 7.13. The highest BCUT2D eigenvalue weighted by Gasteiger charge is 2.18. The smallest absolute Gasteiger partial charge is 0.153 e. The Morgan fingerprint density at radius 2 is 2.15 bits per heavy atom. The second-order valence-corrected chi connectivity index (χ2v) is 6.05. The van der Waals surface area contributed by atoms with E-state index in [9.17, 15) is 0 Å². The summed E-state index contributed by atoms with van der Waals surface area (Å²) < 4.78 is 2.27. The summed E-state index contributed by atoms with van der Waals surface area (Å²) in [5.74, 6) is 1.00. The molecule has 0 saturated heterocycles. The Morgan fingerprint density at radius 1 is 1.35 bits per heavy atom. The molecule has 2 aromatic heterocycles. The van der Waals surface area contributed by atoms with Crippen LogP contribution in [0.1, 0.15) is 31.1 Å². The summed E-state index contributed by atoms with van der Waals surface area (Å²) in [5.41, 5.74) is 11.9. The lowest BCUT2D eigenvalue weighted by Crippen LogP contribution is -2.03. The third-order valence-electron chi connectivity index (χ3n) is 3.45. The Balaban J connectivity index is 2.31. The fourth-order valence-corrected chi connectivity index (χ4v) is 3.26. The number of nitrogens with zero attached hydrogens (tertiary/aromatic N) is 3. The summed E-state index contributed by atoms with van der Waals surface area (Å²) >= 11 is 1.64. The molecule has 2 N–H and O–H groups in total. The molecule has 2 heterocycles. The summed E-state index contributed by atoms with van der Waals surface area (Å²) in [6.07, 6.45) is 0. The van der Waals surface area contributed by atoms with Gasteiger partial charge in [0.15, 0.2) is 5.82 Å². The first-order valence-electron chi connectivity index (χ1n) is 6.73. The van der Waals surface area contributed by atoms with Crippen molar-refractivity contribution in [2.45, 2.75) is 33.4 Å². The third-order valence-corrected chi connectivity index (χ3v) is 4.38. The molecule has 0 spiro atoms. The lowest BCUT2D eigenvalue weighted by Gasteiger charge is -2.12. The van der Waals surface area contributed by atoms with Crippen molar-refractivity contribution in [1.82, 2.24) is 14.5 Å². The number of hydrogen-bond acceptors (Lipinski definition) is 4. The van der Waals surface area contributed by atoms with Crippen LogP contribution in [0.2, 0.25) is 0 Å². The first-order valence-corrected chi connectivity index (χ1v) is 7.61. The first kappa shape index (κ1) is 13.3. The van der Waals surface area contributed by atoms with Crippen molar-refractivity contribution in [3.8, 4) is 10.7 Å². The van der Waals surface area contributed by atoms with Crippen molar-refractivity contribution in [1.29, 1.82) is 0 Å². The van der Waals surface area contributed by atoms with Crippen molar-refractivity contribution in [3.63, 3.8) is 0 Å². The number of fused-ring (bicyclic) bond motifs is 1. The Labute approximate surface area is 122 Å². The zero-order valence-electron chi connectivity index (χ0n) is 11.9. The van der Waals surface area contributed by atoms with Gasteiger partial charge in [-0.05, 0) is 38.5 Å². The van der Waals surface area contributed by atoms with Gasteiger partial charge in [-0.3, -0.25) is 0 Å². The van der Waals surface area contributed by atoms with Crippen LogP contribution in [0.15, 0.2) is 23.7 Å². The molecule has 3 rings (SSSR count). The Hall–Kier alpha value is -1.72. The van der Waals surface area contributed by atoms with E-state index >= 15 is 0 Å². The number of aryl methyl sites for hydroxylation is 1. The molecular formula is C15H18N4S. The van der Waals surface area contributed by atoms with Gasteiger partial charge in [-0.15, -0.1) is 11.3 Å². The van der Waals surface area contributed by atoms with Crippen molar-refractivity contribution >= 4 is 22.4 Å². The van der Waals surface area contributed by atoms with Gasteiger partial charge in [-0.2, -0.15) is 0 Å². The highest BCUT2D eigenvalue weighted by atomic mass is 32.1. The van der Waals surface area contributed by atoms with E-state index in [1.165, 1.54) is 0 Å². The Morgan fingerprint density at radius 3 is 2.75 bits per heavy atom. The molecule has 4 nitrogen and oxygen atoms in total. The average Bonchev–Trinajstić information content (AvgIpc) is 3.00. The summed E-state index contributed by atoms with van der Waals surface area (Å²) in [6.45, 7) is 6.93. The molecule has 104 valence electrons. The van der Waals surface area contributed by atoms with Gasteiger partial charge in [0.05, 0.1) is 27.1 Å². The van der Waals surface area contributed by atoms with Crippen LogP contribution in [-0.2, 0) is 6.54 Å². The fraction of sp³-hybridized carbons (Fsp3) is 0.333. The lowest BCUT2D eigenvalue weighted by molar-refractivity contribution is 0.625.